The summed E-state index contributed by atoms with van der Waals surface area (Å²) in [4.78, 5) is 0. The number of nitrogens with zero attached hydrogens (tertiary/aromatic N) is 1. The smallest absolute Gasteiger partial charge is 0.0515 e. The van der Waals surface area contributed by atoms with Crippen LogP contribution in [0.5, 0.6) is 0 Å². The highest BCUT2D eigenvalue weighted by molar-refractivity contribution is 5.91. The Morgan fingerprint density at radius 1 is 1.11 bits per heavy atom. The highest BCUT2D eigenvalue weighted by atomic mass is 14.9. The van der Waals surface area contributed by atoms with Gasteiger partial charge in [0, 0.05) is 18.1 Å². The van der Waals surface area contributed by atoms with Gasteiger partial charge < -0.3 is 9.88 Å². The molecule has 0 bridgehead atoms. The number of rotatable bonds is 4. The second-order valence-electron chi connectivity index (χ2n) is 5.25. The number of hydrogen-bond acceptors (Lipinski definition) is 1. The molecule has 2 aromatic rings. The van der Waals surface area contributed by atoms with Gasteiger partial charge in [0.1, 0.15) is 0 Å². The number of fused-ring (bicyclic) bond motifs is 1. The molecule has 0 spiro atoms. The normalized spacial score (nSPS) is 11.4. The number of hydrogen-bond donors (Lipinski definition) is 1. The molecule has 18 heavy (non-hydrogen) atoms. The van der Waals surface area contributed by atoms with Crippen molar-refractivity contribution in [2.24, 2.45) is 7.05 Å². The van der Waals surface area contributed by atoms with Crippen LogP contribution in [0.4, 0.5) is 0 Å². The van der Waals surface area contributed by atoms with Gasteiger partial charge in [0.05, 0.1) is 5.52 Å². The van der Waals surface area contributed by atoms with Crippen LogP contribution in [-0.4, -0.2) is 18.2 Å². The minimum atomic E-state index is 1.08. The van der Waals surface area contributed by atoms with E-state index in [1.54, 1.807) is 0 Å². The van der Waals surface area contributed by atoms with E-state index in [-0.39, 0.29) is 0 Å². The molecular formula is C16H24N2. The third-order valence-electron chi connectivity index (χ3n) is 4.02. The topological polar surface area (TPSA) is 17.0 Å². The van der Waals surface area contributed by atoms with Crippen molar-refractivity contribution in [1.29, 1.82) is 0 Å². The van der Waals surface area contributed by atoms with Gasteiger partial charge in [-0.15, -0.1) is 0 Å². The van der Waals surface area contributed by atoms with Crippen LogP contribution in [-0.2, 0) is 13.5 Å². The van der Waals surface area contributed by atoms with Crippen LogP contribution < -0.4 is 5.32 Å². The molecule has 0 aliphatic carbocycles. The van der Waals surface area contributed by atoms with Gasteiger partial charge in [-0.05, 0) is 63.9 Å². The number of aryl methyl sites for hydroxylation is 4. The van der Waals surface area contributed by atoms with E-state index in [2.05, 4.69) is 49.8 Å². The van der Waals surface area contributed by atoms with Gasteiger partial charge in [0.2, 0.25) is 0 Å². The summed E-state index contributed by atoms with van der Waals surface area (Å²) in [5.74, 6) is 0. The zero-order chi connectivity index (χ0) is 13.3. The first-order chi connectivity index (χ1) is 8.57. The largest absolute Gasteiger partial charge is 0.347 e. The maximum atomic E-state index is 3.23. The van der Waals surface area contributed by atoms with Crippen molar-refractivity contribution < 1.29 is 0 Å². The average molecular weight is 244 g/mol. The monoisotopic (exact) mass is 244 g/mol. The summed E-state index contributed by atoms with van der Waals surface area (Å²) in [5.41, 5.74) is 7.13. The van der Waals surface area contributed by atoms with Gasteiger partial charge in [-0.3, -0.25) is 0 Å². The molecule has 0 aliphatic heterocycles. The molecule has 0 atom stereocenters. The molecule has 0 unspecified atom stereocenters. The molecule has 2 nitrogen and oxygen atoms in total. The van der Waals surface area contributed by atoms with Crippen LogP contribution in [0.1, 0.15) is 28.8 Å². The minimum absolute atomic E-state index is 1.08. The lowest BCUT2D eigenvalue weighted by molar-refractivity contribution is 0.721. The van der Waals surface area contributed by atoms with Crippen LogP contribution in [0, 0.1) is 20.8 Å². The van der Waals surface area contributed by atoms with Crippen LogP contribution in [0.25, 0.3) is 10.9 Å². The van der Waals surface area contributed by atoms with E-state index >= 15 is 0 Å². The molecule has 1 heterocycles. The molecule has 1 aromatic carbocycles. The first-order valence-electron chi connectivity index (χ1n) is 6.76. The Balaban J connectivity index is 2.58. The minimum Gasteiger partial charge on any atom is -0.347 e. The molecule has 2 heteroatoms. The molecule has 0 radical (unpaired) electrons. The predicted octanol–water partition coefficient (Wildman–Crippen LogP) is 3.26. The molecule has 0 amide bonds. The SMILES string of the molecule is CNCCCc1c(C)n(C)c2c(C)ccc(C)c12. The van der Waals surface area contributed by atoms with Gasteiger partial charge in [-0.2, -0.15) is 0 Å². The zero-order valence-electron chi connectivity index (χ0n) is 12.2. The van der Waals surface area contributed by atoms with Gasteiger partial charge in [-0.1, -0.05) is 12.1 Å². The number of nitrogens with one attached hydrogen (secondary N) is 1. The lowest BCUT2D eigenvalue weighted by Gasteiger charge is -2.05. The first-order valence-corrected chi connectivity index (χ1v) is 6.76. The fourth-order valence-electron chi connectivity index (χ4n) is 2.91. The second kappa shape index (κ2) is 5.15. The number of benzene rings is 1. The standard InChI is InChI=1S/C16H24N2/c1-11-8-9-12(2)16-15(11)14(7-6-10-17-4)13(3)18(16)5/h8-9,17H,6-7,10H2,1-5H3. The summed E-state index contributed by atoms with van der Waals surface area (Å²) >= 11 is 0. The Kier molecular flexibility index (Phi) is 3.76. The molecule has 2 rings (SSSR count). The van der Waals surface area contributed by atoms with E-state index in [9.17, 15) is 0 Å². The zero-order valence-corrected chi connectivity index (χ0v) is 12.2. The van der Waals surface area contributed by atoms with Crippen LogP contribution in [0.2, 0.25) is 0 Å². The van der Waals surface area contributed by atoms with Crippen molar-refractivity contribution >= 4 is 10.9 Å². The van der Waals surface area contributed by atoms with Crippen molar-refractivity contribution in [3.8, 4) is 0 Å². The molecule has 1 aromatic heterocycles. The van der Waals surface area contributed by atoms with E-state index in [0.717, 1.165) is 13.0 Å². The summed E-state index contributed by atoms with van der Waals surface area (Å²) in [5, 5.41) is 4.71. The van der Waals surface area contributed by atoms with Crippen molar-refractivity contribution in [3.63, 3.8) is 0 Å². The highest BCUT2D eigenvalue weighted by Gasteiger charge is 2.14. The van der Waals surface area contributed by atoms with Crippen LogP contribution in [0.15, 0.2) is 12.1 Å². The van der Waals surface area contributed by atoms with Crippen molar-refractivity contribution in [1.82, 2.24) is 9.88 Å². The molecule has 0 fully saturated rings. The Bertz CT molecular complexity index is 564. The summed E-state index contributed by atoms with van der Waals surface area (Å²) in [6.07, 6.45) is 2.36. The van der Waals surface area contributed by atoms with Gasteiger partial charge >= 0.3 is 0 Å². The molecule has 0 saturated carbocycles. The van der Waals surface area contributed by atoms with Gasteiger partial charge in [-0.25, -0.2) is 0 Å². The lowest BCUT2D eigenvalue weighted by Crippen LogP contribution is -2.08. The van der Waals surface area contributed by atoms with E-state index in [1.807, 2.05) is 7.05 Å². The van der Waals surface area contributed by atoms with Crippen LogP contribution >= 0.6 is 0 Å². The highest BCUT2D eigenvalue weighted by Crippen LogP contribution is 2.31. The molecular weight excluding hydrogens is 220 g/mol. The average Bonchev–Trinajstić information content (AvgIpc) is 2.60. The fourth-order valence-corrected chi connectivity index (χ4v) is 2.91. The van der Waals surface area contributed by atoms with E-state index in [4.69, 9.17) is 0 Å². The summed E-state index contributed by atoms with van der Waals surface area (Å²) in [6, 6.07) is 4.48. The first kappa shape index (κ1) is 13.2. The van der Waals surface area contributed by atoms with Crippen LogP contribution in [0.3, 0.4) is 0 Å². The maximum Gasteiger partial charge on any atom is 0.0515 e. The Morgan fingerprint density at radius 2 is 1.78 bits per heavy atom. The quantitative estimate of drug-likeness (QED) is 0.817. The summed E-state index contributed by atoms with van der Waals surface area (Å²) in [6.45, 7) is 7.76. The maximum absolute atomic E-state index is 3.23. The Labute approximate surface area is 110 Å². The van der Waals surface area contributed by atoms with Gasteiger partial charge in [0.15, 0.2) is 0 Å². The predicted molar refractivity (Wildman–Crippen MR) is 79.4 cm³/mol. The Hall–Kier alpha value is -1.28. The van der Waals surface area contributed by atoms with Crippen molar-refractivity contribution in [2.75, 3.05) is 13.6 Å². The summed E-state index contributed by atoms with van der Waals surface area (Å²) < 4.78 is 2.35. The number of aromatic nitrogens is 1. The van der Waals surface area contributed by atoms with Crippen molar-refractivity contribution in [2.45, 2.75) is 33.6 Å². The van der Waals surface area contributed by atoms with Gasteiger partial charge in [0.25, 0.3) is 0 Å². The fraction of sp³-hybridized carbons (Fsp3) is 0.500. The molecule has 0 saturated heterocycles. The third-order valence-corrected chi connectivity index (χ3v) is 4.02. The third kappa shape index (κ3) is 2.05. The second-order valence-corrected chi connectivity index (χ2v) is 5.25. The summed E-state index contributed by atoms with van der Waals surface area (Å²) in [7, 11) is 4.21. The van der Waals surface area contributed by atoms with Crippen molar-refractivity contribution in [3.05, 3.63) is 34.5 Å². The molecule has 1 N–H and O–H groups in total. The molecule has 0 aliphatic rings. The van der Waals surface area contributed by atoms with E-state index in [0.29, 0.717) is 0 Å². The van der Waals surface area contributed by atoms with E-state index < -0.39 is 0 Å². The van der Waals surface area contributed by atoms with E-state index in [1.165, 1.54) is 39.7 Å². The molecule has 98 valence electrons. The lowest BCUT2D eigenvalue weighted by atomic mass is 10.00. The Morgan fingerprint density at radius 3 is 2.44 bits per heavy atom.